The number of benzene rings is 3. The maximum absolute atomic E-state index is 13.3. The van der Waals surface area contributed by atoms with Crippen molar-refractivity contribution >= 4 is 51.1 Å². The number of hydrogen-bond donors (Lipinski definition) is 1. The number of hydrogen-bond acceptors (Lipinski definition) is 7. The molecular weight excluding hydrogens is 554 g/mol. The van der Waals surface area contributed by atoms with Crippen molar-refractivity contribution in [3.8, 4) is 17.2 Å². The number of amidine groups is 1. The van der Waals surface area contributed by atoms with Gasteiger partial charge in [0.1, 0.15) is 23.0 Å². The Kier molecular flexibility index (Phi) is 7.53. The lowest BCUT2D eigenvalue weighted by Crippen LogP contribution is -2.28. The number of furan rings is 1. The van der Waals surface area contributed by atoms with Crippen molar-refractivity contribution in [3.05, 3.63) is 117 Å². The molecule has 37 heavy (non-hydrogen) atoms. The number of aromatic hydroxyl groups is 1. The number of carbonyl (C=O) groups excluding carboxylic acids is 1. The van der Waals surface area contributed by atoms with Gasteiger partial charge in [0, 0.05) is 10.0 Å². The second-order valence-electron chi connectivity index (χ2n) is 7.90. The Morgan fingerprint density at radius 2 is 1.84 bits per heavy atom. The minimum Gasteiger partial charge on any atom is -0.507 e. The molecule has 0 aliphatic carbocycles. The van der Waals surface area contributed by atoms with E-state index in [0.29, 0.717) is 27.1 Å². The summed E-state index contributed by atoms with van der Waals surface area (Å²) < 4.78 is 12.2. The Balaban J connectivity index is 1.41. The first-order chi connectivity index (χ1) is 18.0. The van der Waals surface area contributed by atoms with E-state index in [1.54, 1.807) is 42.7 Å². The van der Waals surface area contributed by atoms with Crippen LogP contribution in [0.2, 0.25) is 0 Å². The molecule has 4 aromatic rings. The van der Waals surface area contributed by atoms with Crippen molar-refractivity contribution in [1.82, 2.24) is 4.90 Å². The number of phenolic OH excluding ortho intramolecular Hbond substituents is 1. The molecule has 1 amide bonds. The molecule has 0 radical (unpaired) electrons. The monoisotopic (exact) mass is 573 g/mol. The van der Waals surface area contributed by atoms with Gasteiger partial charge in [0.25, 0.3) is 5.91 Å². The molecule has 0 unspecified atom stereocenters. The molecule has 7 nitrogen and oxygen atoms in total. The molecule has 1 saturated heterocycles. The van der Waals surface area contributed by atoms with Gasteiger partial charge in [0.15, 0.2) is 5.17 Å². The van der Waals surface area contributed by atoms with E-state index in [1.807, 2.05) is 54.6 Å². The number of nitrogens with zero attached hydrogens (tertiary/aromatic N) is 3. The molecule has 0 bridgehead atoms. The van der Waals surface area contributed by atoms with E-state index in [1.165, 1.54) is 22.9 Å². The standard InChI is InChI=1S/C28H20BrN3O4S/c29-21-11-12-25(33)20(16-21)17-30-31-28-32(18-24-10-5-13-35-24)27(34)26(37-28)15-19-6-4-9-23(14-19)36-22-7-2-1-3-8-22/h1-17,33H,18H2/b26-15-,30-17-,31-28+. The fourth-order valence-electron chi connectivity index (χ4n) is 3.49. The maximum Gasteiger partial charge on any atom is 0.267 e. The van der Waals surface area contributed by atoms with Gasteiger partial charge in [0.2, 0.25) is 0 Å². The number of thioether (sulfide) groups is 1. The van der Waals surface area contributed by atoms with Crippen LogP contribution in [0.4, 0.5) is 0 Å². The zero-order valence-corrected chi connectivity index (χ0v) is 21.7. The van der Waals surface area contributed by atoms with Gasteiger partial charge in [0.05, 0.1) is 23.9 Å². The van der Waals surface area contributed by atoms with Crippen LogP contribution in [-0.2, 0) is 11.3 Å². The van der Waals surface area contributed by atoms with Crippen LogP contribution in [0.1, 0.15) is 16.9 Å². The van der Waals surface area contributed by atoms with E-state index >= 15 is 0 Å². The fourth-order valence-corrected chi connectivity index (χ4v) is 4.81. The lowest BCUT2D eigenvalue weighted by Gasteiger charge is -2.12. The van der Waals surface area contributed by atoms with E-state index in [4.69, 9.17) is 9.15 Å². The second-order valence-corrected chi connectivity index (χ2v) is 9.82. The minimum atomic E-state index is -0.213. The van der Waals surface area contributed by atoms with E-state index in [2.05, 4.69) is 26.1 Å². The first-order valence-corrected chi connectivity index (χ1v) is 12.8. The number of rotatable bonds is 7. The van der Waals surface area contributed by atoms with E-state index in [0.717, 1.165) is 15.8 Å². The second kappa shape index (κ2) is 11.3. The van der Waals surface area contributed by atoms with Crippen molar-refractivity contribution < 1.29 is 19.1 Å². The average Bonchev–Trinajstić information content (AvgIpc) is 3.51. The number of para-hydroxylation sites is 1. The normalized spacial score (nSPS) is 15.8. The zero-order valence-electron chi connectivity index (χ0n) is 19.3. The van der Waals surface area contributed by atoms with Gasteiger partial charge in [-0.3, -0.25) is 9.69 Å². The largest absolute Gasteiger partial charge is 0.507 e. The Hall–Kier alpha value is -4.08. The molecule has 5 rings (SSSR count). The van der Waals surface area contributed by atoms with Crippen molar-refractivity contribution in [2.45, 2.75) is 6.54 Å². The molecule has 184 valence electrons. The van der Waals surface area contributed by atoms with E-state index < -0.39 is 0 Å². The van der Waals surface area contributed by atoms with Gasteiger partial charge in [-0.25, -0.2) is 0 Å². The lowest BCUT2D eigenvalue weighted by atomic mass is 10.2. The van der Waals surface area contributed by atoms with Crippen LogP contribution in [0.3, 0.4) is 0 Å². The lowest BCUT2D eigenvalue weighted by molar-refractivity contribution is -0.122. The van der Waals surface area contributed by atoms with Crippen LogP contribution < -0.4 is 4.74 Å². The van der Waals surface area contributed by atoms with Crippen molar-refractivity contribution in [2.75, 3.05) is 0 Å². The molecule has 2 heterocycles. The number of ether oxygens (including phenoxy) is 1. The zero-order chi connectivity index (χ0) is 25.6. The molecule has 0 spiro atoms. The predicted molar refractivity (Wildman–Crippen MR) is 149 cm³/mol. The van der Waals surface area contributed by atoms with Crippen LogP contribution in [-0.4, -0.2) is 27.3 Å². The summed E-state index contributed by atoms with van der Waals surface area (Å²) in [5, 5.41) is 18.9. The molecule has 1 fully saturated rings. The van der Waals surface area contributed by atoms with Crippen LogP contribution >= 0.6 is 27.7 Å². The molecule has 3 aromatic carbocycles. The van der Waals surface area contributed by atoms with E-state index in [-0.39, 0.29) is 18.2 Å². The van der Waals surface area contributed by atoms with Gasteiger partial charge in [-0.2, -0.15) is 5.10 Å². The van der Waals surface area contributed by atoms with Crippen LogP contribution in [0, 0.1) is 0 Å². The van der Waals surface area contributed by atoms with Crippen molar-refractivity contribution in [3.63, 3.8) is 0 Å². The highest BCUT2D eigenvalue weighted by molar-refractivity contribution is 9.10. The summed E-state index contributed by atoms with van der Waals surface area (Å²) in [6, 6.07) is 25.6. The molecule has 1 N–H and O–H groups in total. The number of carbonyl (C=O) groups is 1. The number of halogens is 1. The van der Waals surface area contributed by atoms with E-state index in [9.17, 15) is 9.90 Å². The van der Waals surface area contributed by atoms with Crippen molar-refractivity contribution in [1.29, 1.82) is 0 Å². The maximum atomic E-state index is 13.3. The van der Waals surface area contributed by atoms with Gasteiger partial charge < -0.3 is 14.3 Å². The molecule has 1 aliphatic heterocycles. The molecule has 1 aromatic heterocycles. The first-order valence-electron chi connectivity index (χ1n) is 11.2. The average molecular weight is 574 g/mol. The summed E-state index contributed by atoms with van der Waals surface area (Å²) in [4.78, 5) is 15.3. The third-order valence-electron chi connectivity index (χ3n) is 5.25. The third-order valence-corrected chi connectivity index (χ3v) is 6.74. The SMILES string of the molecule is O=C1/C(=C/c2cccc(Oc3ccccc3)c2)S/C(=N/N=C\c2cc(Br)ccc2O)N1Cc1ccco1. The summed E-state index contributed by atoms with van der Waals surface area (Å²) in [6.07, 6.45) is 4.80. The summed E-state index contributed by atoms with van der Waals surface area (Å²) in [5.41, 5.74) is 1.31. The smallest absolute Gasteiger partial charge is 0.267 e. The number of amides is 1. The molecule has 0 atom stereocenters. The highest BCUT2D eigenvalue weighted by Gasteiger charge is 2.34. The molecule has 0 saturated carbocycles. The highest BCUT2D eigenvalue weighted by Crippen LogP contribution is 2.34. The number of phenols is 1. The Bertz CT molecular complexity index is 1500. The van der Waals surface area contributed by atoms with Crippen LogP contribution in [0.5, 0.6) is 17.2 Å². The fraction of sp³-hybridized carbons (Fsp3) is 0.0357. The molecule has 1 aliphatic rings. The predicted octanol–water partition coefficient (Wildman–Crippen LogP) is 7.05. The molecule has 9 heteroatoms. The topological polar surface area (TPSA) is 87.6 Å². The Labute approximate surface area is 225 Å². The van der Waals surface area contributed by atoms with Gasteiger partial charge in [-0.05, 0) is 78.0 Å². The summed E-state index contributed by atoms with van der Waals surface area (Å²) >= 11 is 4.59. The highest BCUT2D eigenvalue weighted by atomic mass is 79.9. The summed E-state index contributed by atoms with van der Waals surface area (Å²) in [6.45, 7) is 0.212. The van der Waals surface area contributed by atoms with Crippen molar-refractivity contribution in [2.24, 2.45) is 10.2 Å². The summed E-state index contributed by atoms with van der Waals surface area (Å²) in [5.74, 6) is 1.88. The first kappa shape index (κ1) is 24.6. The summed E-state index contributed by atoms with van der Waals surface area (Å²) in [7, 11) is 0. The Morgan fingerprint density at radius 1 is 1.00 bits per heavy atom. The quantitative estimate of drug-likeness (QED) is 0.145. The van der Waals surface area contributed by atoms with Crippen LogP contribution in [0.15, 0.2) is 115 Å². The van der Waals surface area contributed by atoms with Gasteiger partial charge in [-0.1, -0.05) is 46.3 Å². The van der Waals surface area contributed by atoms with Gasteiger partial charge >= 0.3 is 0 Å². The Morgan fingerprint density at radius 3 is 2.65 bits per heavy atom. The minimum absolute atomic E-state index is 0.0768. The van der Waals surface area contributed by atoms with Crippen LogP contribution in [0.25, 0.3) is 6.08 Å². The van der Waals surface area contributed by atoms with Gasteiger partial charge in [-0.15, -0.1) is 5.10 Å². The third kappa shape index (κ3) is 6.19. The molecular formula is C28H20BrN3O4S.